The molecule has 0 amide bonds. The molecule has 25 heavy (non-hydrogen) atoms. The van der Waals surface area contributed by atoms with Crippen molar-refractivity contribution in [2.45, 2.75) is 19.1 Å². The number of aromatic amines is 1. The fraction of sp³-hybridized carbons (Fsp3) is 0.231. The molecule has 0 saturated heterocycles. The molecule has 2 aromatic heterocycles. The van der Waals surface area contributed by atoms with Crippen LogP contribution < -0.4 is 10.2 Å². The SMILES string of the molecule is O=C(O)C(F)(F)F.O=C(O)CC[n+]1ccc(-c2nccc(=O)[nH]2)cn1. The molecule has 0 spiro atoms. The van der Waals surface area contributed by atoms with Crippen LogP contribution in [0.1, 0.15) is 6.42 Å². The van der Waals surface area contributed by atoms with E-state index in [-0.39, 0.29) is 12.0 Å². The molecule has 0 saturated carbocycles. The lowest BCUT2D eigenvalue weighted by Gasteiger charge is -1.97. The predicted molar refractivity (Wildman–Crippen MR) is 74.2 cm³/mol. The number of aryl methyl sites for hydroxylation is 1. The zero-order valence-corrected chi connectivity index (χ0v) is 12.4. The van der Waals surface area contributed by atoms with Gasteiger partial charge in [0.15, 0.2) is 12.7 Å². The maximum atomic E-state index is 11.1. The molecule has 0 fully saturated rings. The predicted octanol–water partition coefficient (Wildman–Crippen LogP) is 0.227. The van der Waals surface area contributed by atoms with Gasteiger partial charge >= 0.3 is 18.1 Å². The van der Waals surface area contributed by atoms with Crippen LogP contribution in [0.3, 0.4) is 0 Å². The van der Waals surface area contributed by atoms with Crippen molar-refractivity contribution in [3.63, 3.8) is 0 Å². The molecule has 0 aliphatic rings. The molecular formula is C13H12F3N4O5+. The van der Waals surface area contributed by atoms with E-state index in [4.69, 9.17) is 15.0 Å². The van der Waals surface area contributed by atoms with Gasteiger partial charge in [-0.1, -0.05) is 4.68 Å². The Balaban J connectivity index is 0.000000381. The van der Waals surface area contributed by atoms with Gasteiger partial charge in [0.25, 0.3) is 5.56 Å². The number of nitrogens with one attached hydrogen (secondary N) is 1. The molecule has 0 radical (unpaired) electrons. The van der Waals surface area contributed by atoms with Crippen molar-refractivity contribution in [3.05, 3.63) is 41.1 Å². The lowest BCUT2D eigenvalue weighted by Crippen LogP contribution is -2.38. The summed E-state index contributed by atoms with van der Waals surface area (Å²) in [7, 11) is 0. The zero-order valence-electron chi connectivity index (χ0n) is 12.4. The highest BCUT2D eigenvalue weighted by Crippen LogP contribution is 2.13. The average Bonchev–Trinajstić information content (AvgIpc) is 2.53. The fourth-order valence-electron chi connectivity index (χ4n) is 1.38. The average molecular weight is 361 g/mol. The lowest BCUT2D eigenvalue weighted by atomic mass is 10.3. The standard InChI is InChI=1S/C11H10N4O3.C2HF3O2/c16-9-1-4-12-11(14-9)8-2-5-15(13-7-8)6-3-10(17)18;3-2(4,5)1(6)7/h1-2,4-5,7H,3,6H2,(H-,12,14,16,17,18);(H,6,7)/p+1. The van der Waals surface area contributed by atoms with Crippen molar-refractivity contribution in [2.75, 3.05) is 0 Å². The number of aliphatic carboxylic acids is 2. The smallest absolute Gasteiger partial charge is 0.481 e. The minimum atomic E-state index is -5.08. The van der Waals surface area contributed by atoms with E-state index in [1.54, 1.807) is 12.3 Å². The van der Waals surface area contributed by atoms with Crippen LogP contribution in [0.4, 0.5) is 13.2 Å². The van der Waals surface area contributed by atoms with Crippen LogP contribution in [0.15, 0.2) is 35.5 Å². The first-order valence-corrected chi connectivity index (χ1v) is 6.53. The van der Waals surface area contributed by atoms with Gasteiger partial charge in [0.2, 0.25) is 0 Å². The van der Waals surface area contributed by atoms with E-state index in [2.05, 4.69) is 15.1 Å². The van der Waals surface area contributed by atoms with Crippen LogP contribution in [0, 0.1) is 0 Å². The number of carboxylic acid groups (broad SMARTS) is 2. The Morgan fingerprint density at radius 3 is 2.32 bits per heavy atom. The van der Waals surface area contributed by atoms with Crippen LogP contribution in [0.5, 0.6) is 0 Å². The van der Waals surface area contributed by atoms with Crippen LogP contribution in [-0.4, -0.2) is 43.4 Å². The number of rotatable bonds is 4. The maximum Gasteiger partial charge on any atom is 0.490 e. The quantitative estimate of drug-likeness (QED) is 0.663. The largest absolute Gasteiger partial charge is 0.490 e. The van der Waals surface area contributed by atoms with E-state index in [9.17, 15) is 22.8 Å². The van der Waals surface area contributed by atoms with Crippen LogP contribution in [0.2, 0.25) is 0 Å². The Hall–Kier alpha value is -3.31. The summed E-state index contributed by atoms with van der Waals surface area (Å²) in [5.74, 6) is -3.20. The normalized spacial score (nSPS) is 10.5. The first-order chi connectivity index (χ1) is 11.6. The highest BCUT2D eigenvalue weighted by molar-refractivity contribution is 5.73. The van der Waals surface area contributed by atoms with Gasteiger partial charge in [-0.05, 0) is 5.10 Å². The van der Waals surface area contributed by atoms with Crippen LogP contribution >= 0.6 is 0 Å². The summed E-state index contributed by atoms with van der Waals surface area (Å²) in [4.78, 5) is 37.0. The summed E-state index contributed by atoms with van der Waals surface area (Å²) in [5.41, 5.74) is 0.432. The maximum absolute atomic E-state index is 11.1. The first-order valence-electron chi connectivity index (χ1n) is 6.53. The summed E-state index contributed by atoms with van der Waals surface area (Å²) in [6.45, 7) is 0.300. The molecule has 0 aromatic carbocycles. The first kappa shape index (κ1) is 19.7. The second kappa shape index (κ2) is 8.52. The van der Waals surface area contributed by atoms with Gasteiger partial charge in [0.1, 0.15) is 18.4 Å². The van der Waals surface area contributed by atoms with Crippen LogP contribution in [0.25, 0.3) is 11.4 Å². The highest BCUT2D eigenvalue weighted by Gasteiger charge is 2.38. The molecule has 3 N–H and O–H groups in total. The number of H-pyrrole nitrogens is 1. The molecule has 9 nitrogen and oxygen atoms in total. The third-order valence-electron chi connectivity index (χ3n) is 2.51. The molecule has 12 heteroatoms. The molecule has 2 heterocycles. The number of aromatic nitrogens is 4. The van der Waals surface area contributed by atoms with E-state index in [0.29, 0.717) is 17.9 Å². The fourth-order valence-corrected chi connectivity index (χ4v) is 1.38. The van der Waals surface area contributed by atoms with E-state index in [1.165, 1.54) is 23.1 Å². The molecule has 2 aromatic rings. The van der Waals surface area contributed by atoms with Gasteiger partial charge in [-0.25, -0.2) is 9.78 Å². The van der Waals surface area contributed by atoms with Gasteiger partial charge < -0.3 is 15.2 Å². The number of hydrogen-bond acceptors (Lipinski definition) is 5. The molecule has 134 valence electrons. The summed E-state index contributed by atoms with van der Waals surface area (Å²) >= 11 is 0. The van der Waals surface area contributed by atoms with Gasteiger partial charge in [-0.15, -0.1) is 0 Å². The van der Waals surface area contributed by atoms with E-state index in [1.807, 2.05) is 0 Å². The topological polar surface area (TPSA) is 137 Å². The molecular weight excluding hydrogens is 349 g/mol. The third-order valence-corrected chi connectivity index (χ3v) is 2.51. The molecule has 0 atom stereocenters. The van der Waals surface area contributed by atoms with Gasteiger partial charge in [-0.3, -0.25) is 9.59 Å². The number of hydrogen-bond donors (Lipinski definition) is 3. The van der Waals surface area contributed by atoms with Crippen molar-refractivity contribution >= 4 is 11.9 Å². The lowest BCUT2D eigenvalue weighted by molar-refractivity contribution is -0.752. The molecule has 2 rings (SSSR count). The Bertz CT molecular complexity index is 789. The van der Waals surface area contributed by atoms with E-state index < -0.39 is 18.1 Å². The minimum Gasteiger partial charge on any atom is -0.481 e. The van der Waals surface area contributed by atoms with Crippen molar-refractivity contribution in [1.82, 2.24) is 15.1 Å². The summed E-state index contributed by atoms with van der Waals surface area (Å²) in [6.07, 6.45) is -0.484. The number of nitrogens with zero attached hydrogens (tertiary/aromatic N) is 3. The number of halogens is 3. The highest BCUT2D eigenvalue weighted by atomic mass is 19.4. The zero-order chi connectivity index (χ0) is 19.0. The Kier molecular flexibility index (Phi) is 6.72. The minimum absolute atomic E-state index is 0.0113. The summed E-state index contributed by atoms with van der Waals surface area (Å²) < 4.78 is 33.2. The Morgan fingerprint density at radius 1 is 1.24 bits per heavy atom. The monoisotopic (exact) mass is 361 g/mol. The van der Waals surface area contributed by atoms with Crippen LogP contribution in [-0.2, 0) is 16.1 Å². The summed E-state index contributed by atoms with van der Waals surface area (Å²) in [5, 5.41) is 19.7. The molecule has 0 bridgehead atoms. The van der Waals surface area contributed by atoms with Crippen molar-refractivity contribution in [3.8, 4) is 11.4 Å². The van der Waals surface area contributed by atoms with Crippen molar-refractivity contribution in [2.24, 2.45) is 0 Å². The van der Waals surface area contributed by atoms with Crippen molar-refractivity contribution < 1.29 is 37.7 Å². The number of alkyl halides is 3. The second-order valence-corrected chi connectivity index (χ2v) is 4.41. The summed E-state index contributed by atoms with van der Waals surface area (Å²) in [6, 6.07) is 3.04. The Labute approximate surface area is 137 Å². The van der Waals surface area contributed by atoms with E-state index >= 15 is 0 Å². The second-order valence-electron chi connectivity index (χ2n) is 4.41. The van der Waals surface area contributed by atoms with Crippen molar-refractivity contribution in [1.29, 1.82) is 0 Å². The number of carboxylic acids is 2. The Morgan fingerprint density at radius 2 is 1.88 bits per heavy atom. The molecule has 0 aliphatic carbocycles. The van der Waals surface area contributed by atoms with Gasteiger partial charge in [-0.2, -0.15) is 13.2 Å². The number of carbonyl (C=O) groups is 2. The van der Waals surface area contributed by atoms with E-state index in [0.717, 1.165) is 0 Å². The molecule has 0 aliphatic heterocycles. The van der Waals surface area contributed by atoms with Gasteiger partial charge in [0, 0.05) is 23.9 Å². The third kappa shape index (κ3) is 7.20. The molecule has 0 unspecified atom stereocenters. The van der Waals surface area contributed by atoms with Gasteiger partial charge in [0.05, 0.1) is 0 Å².